The summed E-state index contributed by atoms with van der Waals surface area (Å²) in [6, 6.07) is 3.91. The summed E-state index contributed by atoms with van der Waals surface area (Å²) in [5, 5.41) is 0. The van der Waals surface area contributed by atoms with Crippen molar-refractivity contribution in [2.24, 2.45) is 0 Å². The highest BCUT2D eigenvalue weighted by atomic mass is 28.2. The van der Waals surface area contributed by atoms with Gasteiger partial charge in [0.25, 0.3) is 16.5 Å². The lowest BCUT2D eigenvalue weighted by Gasteiger charge is -2.35. The average molecular weight is 329 g/mol. The van der Waals surface area contributed by atoms with Gasteiger partial charge in [-0.15, -0.1) is 0 Å². The number of benzene rings is 1. The van der Waals surface area contributed by atoms with Crippen LogP contribution in [0.2, 0.25) is 0 Å². The van der Waals surface area contributed by atoms with Gasteiger partial charge in [-0.3, -0.25) is 0 Å². The molecule has 0 fully saturated rings. The predicted molar refractivity (Wildman–Crippen MR) is 81.3 cm³/mol. The summed E-state index contributed by atoms with van der Waals surface area (Å²) in [6.45, 7) is 7.55. The molecular weight excluding hydrogens is 306 g/mol. The third kappa shape index (κ3) is 6.12. The minimum absolute atomic E-state index is 0.0848. The van der Waals surface area contributed by atoms with Gasteiger partial charge in [0.05, 0.1) is 12.2 Å². The number of halogens is 2. The largest absolute Gasteiger partial charge is 0.371 e. The van der Waals surface area contributed by atoms with E-state index in [0.29, 0.717) is 19.3 Å². The van der Waals surface area contributed by atoms with E-state index in [1.54, 1.807) is 6.07 Å². The van der Waals surface area contributed by atoms with Crippen LogP contribution in [-0.4, -0.2) is 28.7 Å². The first kappa shape index (κ1) is 19.2. The van der Waals surface area contributed by atoms with Crippen LogP contribution < -0.4 is 0 Å². The van der Waals surface area contributed by atoms with E-state index in [4.69, 9.17) is 13.9 Å². The zero-order valence-electron chi connectivity index (χ0n) is 13.5. The van der Waals surface area contributed by atoms with Gasteiger partial charge < -0.3 is 13.9 Å². The van der Waals surface area contributed by atoms with Crippen LogP contribution in [0.5, 0.6) is 0 Å². The standard InChI is InChI=1S/C16H23F2O3Si/c1-11(2)19-16(21-22,20-12(3)4)9-5-6-13-7-8-14(17)15(18)10-13/h7-8,10-12H,5-6,9H2,1-4H3. The Bertz CT molecular complexity index is 457. The van der Waals surface area contributed by atoms with Crippen molar-refractivity contribution in [1.29, 1.82) is 0 Å². The lowest BCUT2D eigenvalue weighted by molar-refractivity contribution is -0.369. The van der Waals surface area contributed by atoms with Crippen molar-refractivity contribution < 1.29 is 22.7 Å². The zero-order chi connectivity index (χ0) is 16.8. The molecule has 1 rings (SSSR count). The van der Waals surface area contributed by atoms with Crippen LogP contribution in [0, 0.1) is 11.6 Å². The number of hydrogen-bond acceptors (Lipinski definition) is 3. The van der Waals surface area contributed by atoms with Crippen molar-refractivity contribution in [3.63, 3.8) is 0 Å². The molecule has 1 aromatic rings. The lowest BCUT2D eigenvalue weighted by atomic mass is 10.1. The monoisotopic (exact) mass is 329 g/mol. The first-order valence-electron chi connectivity index (χ1n) is 7.42. The van der Waals surface area contributed by atoms with Crippen LogP contribution in [0.4, 0.5) is 8.78 Å². The normalized spacial score (nSPS) is 12.4. The van der Waals surface area contributed by atoms with Gasteiger partial charge in [0.2, 0.25) is 0 Å². The Labute approximate surface area is 134 Å². The molecule has 0 aromatic heterocycles. The molecule has 0 amide bonds. The molecule has 0 heterocycles. The highest BCUT2D eigenvalue weighted by molar-refractivity contribution is 5.98. The smallest absolute Gasteiger partial charge is 0.273 e. The fourth-order valence-electron chi connectivity index (χ4n) is 2.17. The first-order valence-corrected chi connectivity index (χ1v) is 7.83. The molecule has 22 heavy (non-hydrogen) atoms. The van der Waals surface area contributed by atoms with E-state index in [2.05, 4.69) is 10.5 Å². The molecular formula is C16H23F2O3Si. The van der Waals surface area contributed by atoms with Crippen LogP contribution in [0.25, 0.3) is 0 Å². The predicted octanol–water partition coefficient (Wildman–Crippen LogP) is 3.89. The molecule has 123 valence electrons. The van der Waals surface area contributed by atoms with Crippen molar-refractivity contribution in [2.45, 2.75) is 65.1 Å². The van der Waals surface area contributed by atoms with Crippen LogP contribution >= 0.6 is 0 Å². The highest BCUT2D eigenvalue weighted by Crippen LogP contribution is 2.26. The zero-order valence-corrected chi connectivity index (χ0v) is 14.5. The Morgan fingerprint density at radius 1 is 1.05 bits per heavy atom. The minimum atomic E-state index is -1.20. The van der Waals surface area contributed by atoms with E-state index in [1.807, 2.05) is 27.7 Å². The molecule has 6 heteroatoms. The second kappa shape index (κ2) is 8.72. The number of aryl methyl sites for hydroxylation is 1. The average Bonchev–Trinajstić information content (AvgIpc) is 2.41. The quantitative estimate of drug-likeness (QED) is 0.508. The van der Waals surface area contributed by atoms with Gasteiger partial charge in [0.1, 0.15) is 0 Å². The number of hydrogen-bond donors (Lipinski definition) is 0. The van der Waals surface area contributed by atoms with Gasteiger partial charge in [-0.05, 0) is 58.2 Å². The van der Waals surface area contributed by atoms with Crippen LogP contribution in [0.1, 0.15) is 46.1 Å². The summed E-state index contributed by atoms with van der Waals surface area (Å²) >= 11 is 0. The van der Waals surface area contributed by atoms with Crippen molar-refractivity contribution >= 4 is 10.5 Å². The van der Waals surface area contributed by atoms with Crippen molar-refractivity contribution in [1.82, 2.24) is 0 Å². The fourth-order valence-corrected chi connectivity index (χ4v) is 2.37. The van der Waals surface area contributed by atoms with E-state index in [0.717, 1.165) is 11.6 Å². The van der Waals surface area contributed by atoms with Crippen LogP contribution in [0.15, 0.2) is 18.2 Å². The minimum Gasteiger partial charge on any atom is -0.371 e. The third-order valence-electron chi connectivity index (χ3n) is 2.92. The summed E-state index contributed by atoms with van der Waals surface area (Å²) in [7, 11) is 3.03. The molecule has 0 saturated heterocycles. The van der Waals surface area contributed by atoms with Gasteiger partial charge in [-0.1, -0.05) is 6.07 Å². The molecule has 0 spiro atoms. The molecule has 0 saturated carbocycles. The van der Waals surface area contributed by atoms with Crippen LogP contribution in [-0.2, 0) is 20.3 Å². The molecule has 0 aliphatic heterocycles. The fraction of sp³-hybridized carbons (Fsp3) is 0.625. The molecule has 0 aliphatic rings. The Kier molecular flexibility index (Phi) is 7.62. The number of rotatable bonds is 9. The number of ether oxygens (including phenoxy) is 2. The van der Waals surface area contributed by atoms with Crippen molar-refractivity contribution in [3.8, 4) is 0 Å². The van der Waals surface area contributed by atoms with E-state index < -0.39 is 17.6 Å². The second-order valence-corrected chi connectivity index (χ2v) is 5.92. The maximum atomic E-state index is 13.2. The molecule has 3 nitrogen and oxygen atoms in total. The molecule has 3 radical (unpaired) electrons. The van der Waals surface area contributed by atoms with E-state index >= 15 is 0 Å². The van der Waals surface area contributed by atoms with Gasteiger partial charge in [-0.2, -0.15) is 0 Å². The Balaban J connectivity index is 2.67. The molecule has 0 aliphatic carbocycles. The molecule has 0 N–H and O–H groups in total. The second-order valence-electron chi connectivity index (χ2n) is 5.72. The van der Waals surface area contributed by atoms with E-state index in [-0.39, 0.29) is 12.2 Å². The van der Waals surface area contributed by atoms with Crippen LogP contribution in [0.3, 0.4) is 0 Å². The maximum absolute atomic E-state index is 13.2. The summed E-state index contributed by atoms with van der Waals surface area (Å²) in [4.78, 5) is 0. The summed E-state index contributed by atoms with van der Waals surface area (Å²) in [6.07, 6.45) is 1.48. The summed E-state index contributed by atoms with van der Waals surface area (Å²) in [5.41, 5.74) is 0.718. The van der Waals surface area contributed by atoms with E-state index in [1.165, 1.54) is 6.07 Å². The molecule has 0 bridgehead atoms. The molecule has 0 unspecified atom stereocenters. The van der Waals surface area contributed by atoms with Gasteiger partial charge in [0, 0.05) is 6.42 Å². The SMILES string of the molecule is CC(C)OC(CCCc1ccc(F)c(F)c1)(O[Si])OC(C)C. The molecule has 0 atom stereocenters. The van der Waals surface area contributed by atoms with Crippen molar-refractivity contribution in [2.75, 3.05) is 0 Å². The first-order chi connectivity index (χ1) is 10.3. The Morgan fingerprint density at radius 2 is 1.64 bits per heavy atom. The molecule has 1 aromatic carbocycles. The Hall–Kier alpha value is -0.823. The summed E-state index contributed by atoms with van der Waals surface area (Å²) in [5.74, 6) is -2.87. The topological polar surface area (TPSA) is 27.7 Å². The Morgan fingerprint density at radius 3 is 2.09 bits per heavy atom. The van der Waals surface area contributed by atoms with Gasteiger partial charge >= 0.3 is 0 Å². The van der Waals surface area contributed by atoms with E-state index in [9.17, 15) is 8.78 Å². The third-order valence-corrected chi connectivity index (χ3v) is 3.23. The lowest BCUT2D eigenvalue weighted by Crippen LogP contribution is -2.42. The maximum Gasteiger partial charge on any atom is 0.273 e. The van der Waals surface area contributed by atoms with Gasteiger partial charge in [0.15, 0.2) is 11.6 Å². The van der Waals surface area contributed by atoms with Crippen molar-refractivity contribution in [3.05, 3.63) is 35.4 Å². The van der Waals surface area contributed by atoms with Gasteiger partial charge in [-0.25, -0.2) is 8.78 Å². The highest BCUT2D eigenvalue weighted by Gasteiger charge is 2.33. The summed E-state index contributed by atoms with van der Waals surface area (Å²) < 4.78 is 42.9.